The number of sulfone groups is 1. The average molecular weight is 261 g/mol. The number of nitrogens with two attached hydrogens (primary N) is 1. The van der Waals surface area contributed by atoms with Crippen LogP contribution in [-0.4, -0.2) is 38.4 Å². The van der Waals surface area contributed by atoms with Gasteiger partial charge in [0.15, 0.2) is 0 Å². The van der Waals surface area contributed by atoms with Gasteiger partial charge in [0.25, 0.3) is 0 Å². The van der Waals surface area contributed by atoms with Crippen molar-refractivity contribution in [3.63, 3.8) is 0 Å². The quantitative estimate of drug-likeness (QED) is 0.762. The first kappa shape index (κ1) is 15.4. The summed E-state index contributed by atoms with van der Waals surface area (Å²) in [6.45, 7) is 0. The first-order chi connectivity index (χ1) is 7.01. The van der Waals surface area contributed by atoms with Gasteiger partial charge < -0.3 is 5.73 Å². The molecule has 0 aliphatic rings. The Labute approximate surface area is 91.9 Å². The van der Waals surface area contributed by atoms with Gasteiger partial charge in [0, 0.05) is 12.7 Å². The number of Topliss-reactive ketones (excluding diaryl/α,β-unsaturated/α-hetero) is 1. The molecule has 0 spiro atoms. The number of hydrogen-bond acceptors (Lipinski definition) is 4. The largest absolute Gasteiger partial charge is 0.389 e. The molecule has 0 heterocycles. The molecular formula is C8H14F3NO3S. The van der Waals surface area contributed by atoms with Crippen molar-refractivity contribution >= 4 is 15.6 Å². The molecule has 0 aliphatic heterocycles. The molecule has 0 saturated carbocycles. The fraction of sp³-hybridized carbons (Fsp3) is 0.875. The molecule has 0 amide bonds. The molecule has 0 rings (SSSR count). The van der Waals surface area contributed by atoms with Crippen LogP contribution in [0.3, 0.4) is 0 Å². The number of halogens is 3. The third-order valence-electron chi connectivity index (χ3n) is 1.87. The molecule has 0 aliphatic carbocycles. The van der Waals surface area contributed by atoms with E-state index in [1.807, 2.05) is 0 Å². The Morgan fingerprint density at radius 3 is 2.25 bits per heavy atom. The van der Waals surface area contributed by atoms with Crippen LogP contribution < -0.4 is 5.73 Å². The Morgan fingerprint density at radius 1 is 1.38 bits per heavy atom. The van der Waals surface area contributed by atoms with Crippen LogP contribution >= 0.6 is 0 Å². The van der Waals surface area contributed by atoms with E-state index >= 15 is 0 Å². The summed E-state index contributed by atoms with van der Waals surface area (Å²) in [7, 11) is -3.25. The highest BCUT2D eigenvalue weighted by Crippen LogP contribution is 2.21. The Bertz CT molecular complexity index is 337. The molecule has 0 aromatic rings. The van der Waals surface area contributed by atoms with Crippen molar-refractivity contribution < 1.29 is 26.4 Å². The van der Waals surface area contributed by atoms with Gasteiger partial charge in [-0.15, -0.1) is 0 Å². The van der Waals surface area contributed by atoms with Crippen molar-refractivity contribution in [2.75, 3.05) is 12.0 Å². The van der Waals surface area contributed by atoms with E-state index in [-0.39, 0.29) is 12.2 Å². The van der Waals surface area contributed by atoms with E-state index in [1.54, 1.807) is 0 Å². The van der Waals surface area contributed by atoms with Gasteiger partial charge in [-0.05, 0) is 6.42 Å². The lowest BCUT2D eigenvalue weighted by atomic mass is 10.1. The van der Waals surface area contributed by atoms with Crippen molar-refractivity contribution in [3.05, 3.63) is 0 Å². The molecular weight excluding hydrogens is 247 g/mol. The van der Waals surface area contributed by atoms with Gasteiger partial charge in [-0.1, -0.05) is 0 Å². The highest BCUT2D eigenvalue weighted by atomic mass is 32.2. The van der Waals surface area contributed by atoms with Crippen LogP contribution in [0.25, 0.3) is 0 Å². The third-order valence-corrected chi connectivity index (χ3v) is 2.85. The molecule has 4 nitrogen and oxygen atoms in total. The van der Waals surface area contributed by atoms with E-state index in [2.05, 4.69) is 0 Å². The average Bonchev–Trinajstić information content (AvgIpc) is 2.07. The molecule has 1 atom stereocenters. The smallest absolute Gasteiger partial charge is 0.321 e. The molecule has 96 valence electrons. The predicted octanol–water partition coefficient (Wildman–Crippen LogP) is 0.660. The minimum Gasteiger partial charge on any atom is -0.321 e. The molecule has 2 N–H and O–H groups in total. The highest BCUT2D eigenvalue weighted by molar-refractivity contribution is 7.90. The van der Waals surface area contributed by atoms with E-state index in [0.29, 0.717) is 0 Å². The maximum atomic E-state index is 11.8. The highest BCUT2D eigenvalue weighted by Gasteiger charge is 2.29. The van der Waals surface area contributed by atoms with Crippen LogP contribution in [-0.2, 0) is 14.6 Å². The van der Waals surface area contributed by atoms with Crippen molar-refractivity contribution in [2.24, 2.45) is 5.73 Å². The summed E-state index contributed by atoms with van der Waals surface area (Å²) >= 11 is 0. The molecule has 0 aromatic carbocycles. The van der Waals surface area contributed by atoms with E-state index < -0.39 is 40.7 Å². The van der Waals surface area contributed by atoms with Gasteiger partial charge in [0.1, 0.15) is 15.6 Å². The Morgan fingerprint density at radius 2 is 1.88 bits per heavy atom. The second kappa shape index (κ2) is 5.62. The zero-order valence-corrected chi connectivity index (χ0v) is 9.57. The van der Waals surface area contributed by atoms with E-state index in [0.717, 1.165) is 6.26 Å². The maximum absolute atomic E-state index is 11.8. The zero-order chi connectivity index (χ0) is 13.0. The minimum atomic E-state index is -4.40. The number of carbonyl (C=O) groups excluding carboxylic acids is 1. The number of rotatable bonds is 6. The van der Waals surface area contributed by atoms with Crippen molar-refractivity contribution in [2.45, 2.75) is 31.5 Å². The molecule has 1 unspecified atom stereocenters. The summed E-state index contributed by atoms with van der Waals surface area (Å²) in [4.78, 5) is 11.1. The SMILES string of the molecule is CS(=O)(=O)CCC(N)C(=O)CCC(F)(F)F. The summed E-state index contributed by atoms with van der Waals surface area (Å²) in [5, 5.41) is 0. The first-order valence-corrected chi connectivity index (χ1v) is 6.60. The maximum Gasteiger partial charge on any atom is 0.389 e. The lowest BCUT2D eigenvalue weighted by Crippen LogP contribution is -2.33. The molecule has 0 radical (unpaired) electrons. The molecule has 8 heteroatoms. The van der Waals surface area contributed by atoms with Gasteiger partial charge in [0.2, 0.25) is 0 Å². The summed E-state index contributed by atoms with van der Waals surface area (Å²) in [6.07, 6.45) is -5.49. The Hall–Kier alpha value is -0.630. The molecule has 0 saturated heterocycles. The fourth-order valence-corrected chi connectivity index (χ4v) is 1.63. The second-order valence-electron chi connectivity index (χ2n) is 3.61. The van der Waals surface area contributed by atoms with Gasteiger partial charge >= 0.3 is 6.18 Å². The van der Waals surface area contributed by atoms with Crippen LogP contribution in [0, 0.1) is 0 Å². The standard InChI is InChI=1S/C8H14F3NO3S/c1-16(14,15)5-3-6(12)7(13)2-4-8(9,10)11/h6H,2-5,12H2,1H3. The van der Waals surface area contributed by atoms with Crippen molar-refractivity contribution in [3.8, 4) is 0 Å². The van der Waals surface area contributed by atoms with Crippen LogP contribution in [0.1, 0.15) is 19.3 Å². The topological polar surface area (TPSA) is 77.2 Å². The van der Waals surface area contributed by atoms with Crippen LogP contribution in [0.2, 0.25) is 0 Å². The van der Waals surface area contributed by atoms with Crippen molar-refractivity contribution in [1.82, 2.24) is 0 Å². The molecule has 0 bridgehead atoms. The zero-order valence-electron chi connectivity index (χ0n) is 8.75. The Kier molecular flexibility index (Phi) is 5.40. The van der Waals surface area contributed by atoms with Crippen LogP contribution in [0.5, 0.6) is 0 Å². The minimum absolute atomic E-state index is 0.143. The van der Waals surface area contributed by atoms with E-state index in [4.69, 9.17) is 5.73 Å². The van der Waals surface area contributed by atoms with Gasteiger partial charge in [-0.2, -0.15) is 13.2 Å². The molecule has 0 aromatic heterocycles. The first-order valence-electron chi connectivity index (χ1n) is 4.54. The van der Waals surface area contributed by atoms with Crippen molar-refractivity contribution in [1.29, 1.82) is 0 Å². The van der Waals surface area contributed by atoms with E-state index in [9.17, 15) is 26.4 Å². The van der Waals surface area contributed by atoms with Crippen LogP contribution in [0.4, 0.5) is 13.2 Å². The predicted molar refractivity (Wildman–Crippen MR) is 52.6 cm³/mol. The lowest BCUT2D eigenvalue weighted by Gasteiger charge is -2.10. The van der Waals surface area contributed by atoms with Gasteiger partial charge in [0.05, 0.1) is 18.2 Å². The summed E-state index contributed by atoms with van der Waals surface area (Å²) < 4.78 is 56.8. The Balaban J connectivity index is 4.01. The van der Waals surface area contributed by atoms with Gasteiger partial charge in [-0.25, -0.2) is 8.42 Å². The summed E-state index contributed by atoms with van der Waals surface area (Å²) in [5.74, 6) is -1.06. The second-order valence-corrected chi connectivity index (χ2v) is 5.87. The monoisotopic (exact) mass is 261 g/mol. The number of alkyl halides is 3. The van der Waals surface area contributed by atoms with E-state index in [1.165, 1.54) is 0 Å². The summed E-state index contributed by atoms with van der Waals surface area (Å²) in [5.41, 5.74) is 5.27. The molecule has 16 heavy (non-hydrogen) atoms. The summed E-state index contributed by atoms with van der Waals surface area (Å²) in [6, 6.07) is -1.14. The lowest BCUT2D eigenvalue weighted by molar-refractivity contribution is -0.143. The fourth-order valence-electron chi connectivity index (χ4n) is 0.952. The normalized spacial score (nSPS) is 14.8. The number of carbonyl (C=O) groups is 1. The third kappa shape index (κ3) is 8.66. The number of ketones is 1. The molecule has 0 fully saturated rings. The van der Waals surface area contributed by atoms with Gasteiger partial charge in [-0.3, -0.25) is 4.79 Å². The van der Waals surface area contributed by atoms with Crippen LogP contribution in [0.15, 0.2) is 0 Å². The number of hydrogen-bond donors (Lipinski definition) is 1.